The molecule has 0 aromatic heterocycles. The summed E-state index contributed by atoms with van der Waals surface area (Å²) in [5, 5.41) is 10.4. The fourth-order valence-corrected chi connectivity index (χ4v) is 2.52. The second kappa shape index (κ2) is 6.44. The molecule has 1 aliphatic rings. The van der Waals surface area contributed by atoms with E-state index in [2.05, 4.69) is 6.92 Å². The molecule has 0 heterocycles. The molecule has 84 valence electrons. The molecule has 0 amide bonds. The topological polar surface area (TPSA) is 20.2 Å². The first kappa shape index (κ1) is 12.0. The van der Waals surface area contributed by atoms with Crippen molar-refractivity contribution in [3.05, 3.63) is 0 Å². The van der Waals surface area contributed by atoms with E-state index in [1.54, 1.807) is 0 Å². The van der Waals surface area contributed by atoms with Crippen LogP contribution in [-0.4, -0.2) is 10.7 Å². The van der Waals surface area contributed by atoms with Crippen molar-refractivity contribution >= 4 is 0 Å². The van der Waals surface area contributed by atoms with Crippen molar-refractivity contribution in [2.24, 2.45) is 0 Å². The van der Waals surface area contributed by atoms with Crippen LogP contribution < -0.4 is 0 Å². The van der Waals surface area contributed by atoms with Crippen LogP contribution in [-0.2, 0) is 0 Å². The van der Waals surface area contributed by atoms with E-state index < -0.39 is 0 Å². The molecule has 1 heteroatoms. The molecule has 0 spiro atoms. The minimum Gasteiger partial charge on any atom is -0.390 e. The van der Waals surface area contributed by atoms with Gasteiger partial charge in [-0.05, 0) is 19.3 Å². The average molecular weight is 198 g/mol. The number of aliphatic hydroxyl groups is 1. The van der Waals surface area contributed by atoms with Gasteiger partial charge in [0, 0.05) is 0 Å². The summed E-state index contributed by atoms with van der Waals surface area (Å²) in [6, 6.07) is 0. The fourth-order valence-electron chi connectivity index (χ4n) is 2.52. The Labute approximate surface area is 88.9 Å². The fraction of sp³-hybridized carbons (Fsp3) is 1.00. The van der Waals surface area contributed by atoms with E-state index in [0.29, 0.717) is 0 Å². The normalized spacial score (nSPS) is 21.9. The lowest BCUT2D eigenvalue weighted by Crippen LogP contribution is -2.27. The molecule has 0 aromatic carbocycles. The monoisotopic (exact) mass is 198 g/mol. The van der Waals surface area contributed by atoms with E-state index >= 15 is 0 Å². The van der Waals surface area contributed by atoms with Gasteiger partial charge in [-0.1, -0.05) is 58.3 Å². The highest BCUT2D eigenvalue weighted by atomic mass is 16.3. The van der Waals surface area contributed by atoms with Crippen LogP contribution in [0, 0.1) is 0 Å². The summed E-state index contributed by atoms with van der Waals surface area (Å²) in [5.74, 6) is 0. The van der Waals surface area contributed by atoms with Gasteiger partial charge < -0.3 is 5.11 Å². The first-order chi connectivity index (χ1) is 6.77. The van der Waals surface area contributed by atoms with Gasteiger partial charge >= 0.3 is 0 Å². The van der Waals surface area contributed by atoms with Gasteiger partial charge in [0.25, 0.3) is 0 Å². The van der Waals surface area contributed by atoms with Crippen molar-refractivity contribution in [2.75, 3.05) is 0 Å². The van der Waals surface area contributed by atoms with Crippen LogP contribution in [0.4, 0.5) is 0 Å². The Hall–Kier alpha value is -0.0400. The van der Waals surface area contributed by atoms with Crippen LogP contribution in [0.5, 0.6) is 0 Å². The third-order valence-electron chi connectivity index (χ3n) is 3.53. The summed E-state index contributed by atoms with van der Waals surface area (Å²) >= 11 is 0. The van der Waals surface area contributed by atoms with Gasteiger partial charge in [-0.2, -0.15) is 0 Å². The van der Waals surface area contributed by atoms with Crippen molar-refractivity contribution in [3.8, 4) is 0 Å². The van der Waals surface area contributed by atoms with Crippen molar-refractivity contribution < 1.29 is 5.11 Å². The van der Waals surface area contributed by atoms with Crippen molar-refractivity contribution in [3.63, 3.8) is 0 Å². The summed E-state index contributed by atoms with van der Waals surface area (Å²) in [6.45, 7) is 2.24. The molecule has 0 bridgehead atoms. The summed E-state index contributed by atoms with van der Waals surface area (Å²) in [6.07, 6.45) is 13.5. The maximum atomic E-state index is 10.4. The van der Waals surface area contributed by atoms with Crippen LogP contribution in [0.15, 0.2) is 0 Å². The van der Waals surface area contributed by atoms with Gasteiger partial charge in [-0.25, -0.2) is 0 Å². The molecular formula is C13H26O. The molecule has 1 nitrogen and oxygen atoms in total. The van der Waals surface area contributed by atoms with E-state index in [1.807, 2.05) is 0 Å². The van der Waals surface area contributed by atoms with Gasteiger partial charge in [0.05, 0.1) is 5.60 Å². The quantitative estimate of drug-likeness (QED) is 0.522. The number of unbranched alkanes of at least 4 members (excludes halogenated alkanes) is 3. The van der Waals surface area contributed by atoms with Gasteiger partial charge in [-0.3, -0.25) is 0 Å². The molecule has 1 fully saturated rings. The molecule has 1 saturated carbocycles. The first-order valence-electron chi connectivity index (χ1n) is 6.49. The number of hydrogen-bond donors (Lipinski definition) is 1. The van der Waals surface area contributed by atoms with E-state index in [-0.39, 0.29) is 5.60 Å². The van der Waals surface area contributed by atoms with E-state index in [0.717, 1.165) is 19.3 Å². The Morgan fingerprint density at radius 1 is 0.929 bits per heavy atom. The predicted octanol–water partition coefficient (Wildman–Crippen LogP) is 4.04. The zero-order valence-corrected chi connectivity index (χ0v) is 9.73. The van der Waals surface area contributed by atoms with Crippen molar-refractivity contribution in [1.29, 1.82) is 0 Å². The highest BCUT2D eigenvalue weighted by Gasteiger charge is 2.26. The lowest BCUT2D eigenvalue weighted by molar-refractivity contribution is 0.0140. The maximum absolute atomic E-state index is 10.4. The molecule has 0 aliphatic heterocycles. The third-order valence-corrected chi connectivity index (χ3v) is 3.53. The van der Waals surface area contributed by atoms with Gasteiger partial charge in [0.1, 0.15) is 0 Å². The van der Waals surface area contributed by atoms with Gasteiger partial charge in [-0.15, -0.1) is 0 Å². The third kappa shape index (κ3) is 4.45. The van der Waals surface area contributed by atoms with Crippen LogP contribution in [0.3, 0.4) is 0 Å². The second-order valence-corrected chi connectivity index (χ2v) is 4.95. The Morgan fingerprint density at radius 2 is 1.57 bits per heavy atom. The SMILES string of the molecule is CCCCCCC1(O)CCCCCC1. The minimum atomic E-state index is -0.287. The molecule has 0 atom stereocenters. The smallest absolute Gasteiger partial charge is 0.0647 e. The lowest BCUT2D eigenvalue weighted by atomic mass is 9.88. The van der Waals surface area contributed by atoms with Crippen molar-refractivity contribution in [1.82, 2.24) is 0 Å². The Morgan fingerprint density at radius 3 is 2.14 bits per heavy atom. The first-order valence-corrected chi connectivity index (χ1v) is 6.49. The molecule has 0 unspecified atom stereocenters. The van der Waals surface area contributed by atoms with Gasteiger partial charge in [0.15, 0.2) is 0 Å². The lowest BCUT2D eigenvalue weighted by Gasteiger charge is -2.26. The Kier molecular flexibility index (Phi) is 5.54. The van der Waals surface area contributed by atoms with Crippen LogP contribution in [0.1, 0.15) is 77.6 Å². The highest BCUT2D eigenvalue weighted by Crippen LogP contribution is 2.31. The van der Waals surface area contributed by atoms with E-state index in [4.69, 9.17) is 0 Å². The zero-order valence-electron chi connectivity index (χ0n) is 9.73. The van der Waals surface area contributed by atoms with E-state index in [9.17, 15) is 5.11 Å². The summed E-state index contributed by atoms with van der Waals surface area (Å²) in [7, 11) is 0. The average Bonchev–Trinajstić information content (AvgIpc) is 2.39. The predicted molar refractivity (Wildman–Crippen MR) is 61.4 cm³/mol. The molecule has 0 saturated heterocycles. The zero-order chi connectivity index (χ0) is 10.3. The molecule has 0 radical (unpaired) electrons. The standard InChI is InChI=1S/C13H26O/c1-2-3-4-7-10-13(14)11-8-5-6-9-12-13/h14H,2-12H2,1H3. The summed E-state index contributed by atoms with van der Waals surface area (Å²) in [5.41, 5.74) is -0.287. The Bertz CT molecular complexity index is 134. The maximum Gasteiger partial charge on any atom is 0.0647 e. The molecule has 1 aliphatic carbocycles. The second-order valence-electron chi connectivity index (χ2n) is 4.95. The van der Waals surface area contributed by atoms with E-state index in [1.165, 1.54) is 51.4 Å². The molecule has 1 N–H and O–H groups in total. The number of rotatable bonds is 5. The minimum absolute atomic E-state index is 0.287. The highest BCUT2D eigenvalue weighted by molar-refractivity contribution is 4.80. The molecule has 14 heavy (non-hydrogen) atoms. The number of hydrogen-bond acceptors (Lipinski definition) is 1. The molecule has 0 aromatic rings. The Balaban J connectivity index is 2.17. The molecule has 1 rings (SSSR count). The van der Waals surface area contributed by atoms with Gasteiger partial charge in [0.2, 0.25) is 0 Å². The summed E-state index contributed by atoms with van der Waals surface area (Å²) in [4.78, 5) is 0. The van der Waals surface area contributed by atoms with Crippen molar-refractivity contribution in [2.45, 2.75) is 83.2 Å². The van der Waals surface area contributed by atoms with Crippen LogP contribution in [0.2, 0.25) is 0 Å². The largest absolute Gasteiger partial charge is 0.390 e. The van der Waals surface area contributed by atoms with Crippen LogP contribution in [0.25, 0.3) is 0 Å². The van der Waals surface area contributed by atoms with Crippen LogP contribution >= 0.6 is 0 Å². The summed E-state index contributed by atoms with van der Waals surface area (Å²) < 4.78 is 0. The molecular weight excluding hydrogens is 172 g/mol.